The van der Waals surface area contributed by atoms with Gasteiger partial charge in [0.1, 0.15) is 11.5 Å². The minimum atomic E-state index is -0.395. The van der Waals surface area contributed by atoms with E-state index in [1.807, 2.05) is 72.8 Å². The smallest absolute Gasteiger partial charge is 0.238 e. The van der Waals surface area contributed by atoms with Gasteiger partial charge in [-0.2, -0.15) is 0 Å². The van der Waals surface area contributed by atoms with E-state index in [-0.39, 0.29) is 23.7 Å². The zero-order valence-corrected chi connectivity index (χ0v) is 21.4. The van der Waals surface area contributed by atoms with Crippen LogP contribution in [0.5, 0.6) is 11.5 Å². The normalized spacial score (nSPS) is 23.9. The Hall–Kier alpha value is -3.64. The average molecular weight is 542 g/mol. The number of rotatable bonds is 5. The molecule has 2 bridgehead atoms. The predicted octanol–water partition coefficient (Wildman–Crippen LogP) is 5.89. The Morgan fingerprint density at radius 3 is 1.69 bits per heavy atom. The van der Waals surface area contributed by atoms with Gasteiger partial charge in [-0.1, -0.05) is 58.4 Å². The van der Waals surface area contributed by atoms with Crippen LogP contribution < -0.4 is 14.4 Å². The molecular formula is C30H24BrNO4. The van der Waals surface area contributed by atoms with Crippen molar-refractivity contribution in [1.82, 2.24) is 0 Å². The molecule has 3 aromatic carbocycles. The maximum Gasteiger partial charge on any atom is 0.238 e. The lowest BCUT2D eigenvalue weighted by atomic mass is 9.85. The molecule has 1 saturated carbocycles. The monoisotopic (exact) mass is 541 g/mol. The Morgan fingerprint density at radius 1 is 0.750 bits per heavy atom. The molecule has 2 fully saturated rings. The standard InChI is InChI=1S/C30H24BrNO4/c1-35-21-10-6-17(7-11-21)25(18-8-12-22(36-2)13-9-18)26-23-14-15-24(26)28-27(23)29(33)32(30(28)34)20-5-3-4-19(31)16-20/h3-16,23-24,27-28H,1-2H3/t23-,24-,27-,28-/m1/s1. The number of imide groups is 1. The number of anilines is 1. The molecule has 0 aromatic heterocycles. The molecule has 3 aliphatic rings. The van der Waals surface area contributed by atoms with Crippen molar-refractivity contribution < 1.29 is 19.1 Å². The summed E-state index contributed by atoms with van der Waals surface area (Å²) in [5.74, 6) is 0.249. The van der Waals surface area contributed by atoms with E-state index < -0.39 is 11.8 Å². The fourth-order valence-electron chi connectivity index (χ4n) is 5.98. The van der Waals surface area contributed by atoms with Crippen LogP contribution >= 0.6 is 15.9 Å². The lowest BCUT2D eigenvalue weighted by Gasteiger charge is -2.22. The fourth-order valence-corrected chi connectivity index (χ4v) is 6.37. The Labute approximate surface area is 218 Å². The number of halogens is 1. The van der Waals surface area contributed by atoms with E-state index in [9.17, 15) is 9.59 Å². The first-order chi connectivity index (χ1) is 17.5. The van der Waals surface area contributed by atoms with Gasteiger partial charge in [0.05, 0.1) is 31.7 Å². The van der Waals surface area contributed by atoms with Gasteiger partial charge in [-0.15, -0.1) is 0 Å². The van der Waals surface area contributed by atoms with Crippen molar-refractivity contribution in [3.05, 3.63) is 106 Å². The number of benzene rings is 3. The maximum absolute atomic E-state index is 13.7. The summed E-state index contributed by atoms with van der Waals surface area (Å²) in [4.78, 5) is 28.8. The van der Waals surface area contributed by atoms with Crippen LogP contribution in [0.2, 0.25) is 0 Å². The summed E-state index contributed by atoms with van der Waals surface area (Å²) >= 11 is 3.46. The number of carbonyl (C=O) groups is 2. The highest BCUT2D eigenvalue weighted by Gasteiger charge is 2.62. The van der Waals surface area contributed by atoms with Gasteiger partial charge in [0.2, 0.25) is 11.8 Å². The summed E-state index contributed by atoms with van der Waals surface area (Å²) in [6, 6.07) is 23.3. The Balaban J connectivity index is 1.48. The molecule has 6 rings (SSSR count). The third-order valence-corrected chi connectivity index (χ3v) is 8.02. The third-order valence-electron chi connectivity index (χ3n) is 7.53. The SMILES string of the molecule is COc1ccc(C(=C2[C@H]3C=C[C@H]2[C@H]2C(=O)N(c4cccc(Br)c4)C(=O)[C@@H]23)c2ccc(OC)cc2)cc1. The van der Waals surface area contributed by atoms with Gasteiger partial charge >= 0.3 is 0 Å². The number of allylic oxidation sites excluding steroid dienone is 3. The zero-order chi connectivity index (χ0) is 25.0. The molecule has 0 spiro atoms. The van der Waals surface area contributed by atoms with Crippen molar-refractivity contribution in [1.29, 1.82) is 0 Å². The maximum atomic E-state index is 13.7. The molecule has 2 aliphatic carbocycles. The van der Waals surface area contributed by atoms with Crippen LogP contribution in [0.25, 0.3) is 5.57 Å². The number of methoxy groups -OCH3 is 2. The molecule has 0 N–H and O–H groups in total. The average Bonchev–Trinajstić information content (AvgIpc) is 3.54. The van der Waals surface area contributed by atoms with Crippen LogP contribution in [-0.2, 0) is 9.59 Å². The van der Waals surface area contributed by atoms with Crippen molar-refractivity contribution in [2.24, 2.45) is 23.7 Å². The molecular weight excluding hydrogens is 518 g/mol. The van der Waals surface area contributed by atoms with Crippen molar-refractivity contribution in [2.45, 2.75) is 0 Å². The summed E-state index contributed by atoms with van der Waals surface area (Å²) in [6.07, 6.45) is 4.23. The number of carbonyl (C=O) groups excluding carboxylic acids is 2. The fraction of sp³-hybridized carbons (Fsp3) is 0.200. The first kappa shape index (κ1) is 22.8. The summed E-state index contributed by atoms with van der Waals surface area (Å²) < 4.78 is 11.6. The lowest BCUT2D eigenvalue weighted by molar-refractivity contribution is -0.122. The number of amides is 2. The summed E-state index contributed by atoms with van der Waals surface area (Å²) in [7, 11) is 3.29. The second-order valence-electron chi connectivity index (χ2n) is 9.27. The van der Waals surface area contributed by atoms with Crippen LogP contribution in [0.3, 0.4) is 0 Å². The highest BCUT2D eigenvalue weighted by Crippen LogP contribution is 2.59. The van der Waals surface area contributed by atoms with Gasteiger partial charge in [-0.25, -0.2) is 4.90 Å². The first-order valence-electron chi connectivity index (χ1n) is 11.9. The summed E-state index contributed by atoms with van der Waals surface area (Å²) in [6.45, 7) is 0. The van der Waals surface area contributed by atoms with Gasteiger partial charge in [0.15, 0.2) is 0 Å². The van der Waals surface area contributed by atoms with Crippen LogP contribution in [0.4, 0.5) is 5.69 Å². The van der Waals surface area contributed by atoms with Crippen molar-refractivity contribution >= 4 is 39.0 Å². The zero-order valence-electron chi connectivity index (χ0n) is 19.9. The Kier molecular flexibility index (Phi) is 5.56. The van der Waals surface area contributed by atoms with Crippen molar-refractivity contribution in [3.63, 3.8) is 0 Å². The highest BCUT2D eigenvalue weighted by atomic mass is 79.9. The minimum Gasteiger partial charge on any atom is -0.497 e. The highest BCUT2D eigenvalue weighted by molar-refractivity contribution is 9.10. The number of hydrogen-bond acceptors (Lipinski definition) is 4. The molecule has 6 heteroatoms. The van der Waals surface area contributed by atoms with E-state index in [1.165, 1.54) is 4.90 Å². The van der Waals surface area contributed by atoms with Crippen molar-refractivity contribution in [3.8, 4) is 11.5 Å². The predicted molar refractivity (Wildman–Crippen MR) is 142 cm³/mol. The molecule has 1 saturated heterocycles. The second-order valence-corrected chi connectivity index (χ2v) is 10.2. The van der Waals surface area contributed by atoms with Gasteiger partial charge < -0.3 is 9.47 Å². The molecule has 180 valence electrons. The van der Waals surface area contributed by atoms with Gasteiger partial charge in [0.25, 0.3) is 0 Å². The molecule has 36 heavy (non-hydrogen) atoms. The molecule has 2 amide bonds. The van der Waals surface area contributed by atoms with E-state index in [2.05, 4.69) is 28.1 Å². The van der Waals surface area contributed by atoms with E-state index in [0.717, 1.165) is 38.2 Å². The number of nitrogens with zero attached hydrogens (tertiary/aromatic N) is 1. The van der Waals surface area contributed by atoms with E-state index >= 15 is 0 Å². The van der Waals surface area contributed by atoms with Crippen LogP contribution in [-0.4, -0.2) is 26.0 Å². The van der Waals surface area contributed by atoms with Gasteiger partial charge in [-0.3, -0.25) is 9.59 Å². The molecule has 1 heterocycles. The van der Waals surface area contributed by atoms with Gasteiger partial charge in [-0.05, 0) is 64.7 Å². The number of hydrogen-bond donors (Lipinski definition) is 0. The van der Waals surface area contributed by atoms with Crippen LogP contribution in [0.1, 0.15) is 11.1 Å². The van der Waals surface area contributed by atoms with Crippen LogP contribution in [0.15, 0.2) is 95.0 Å². The Morgan fingerprint density at radius 2 is 1.25 bits per heavy atom. The van der Waals surface area contributed by atoms with Gasteiger partial charge in [0, 0.05) is 16.3 Å². The topological polar surface area (TPSA) is 55.8 Å². The third kappa shape index (κ3) is 3.43. The van der Waals surface area contributed by atoms with E-state index in [0.29, 0.717) is 5.69 Å². The number of ether oxygens (including phenoxy) is 2. The quantitative estimate of drug-likeness (QED) is 0.298. The molecule has 5 nitrogen and oxygen atoms in total. The molecule has 0 radical (unpaired) electrons. The number of fused-ring (bicyclic) bond motifs is 5. The van der Waals surface area contributed by atoms with Crippen molar-refractivity contribution in [2.75, 3.05) is 19.1 Å². The largest absolute Gasteiger partial charge is 0.497 e. The molecule has 4 atom stereocenters. The summed E-state index contributed by atoms with van der Waals surface area (Å²) in [5, 5.41) is 0. The van der Waals surface area contributed by atoms with E-state index in [4.69, 9.17) is 9.47 Å². The lowest BCUT2D eigenvalue weighted by Crippen LogP contribution is -2.33. The summed E-state index contributed by atoms with van der Waals surface area (Å²) in [5.41, 5.74) is 4.86. The Bertz CT molecular complexity index is 1340. The first-order valence-corrected chi connectivity index (χ1v) is 12.7. The van der Waals surface area contributed by atoms with Crippen LogP contribution in [0, 0.1) is 23.7 Å². The van der Waals surface area contributed by atoms with E-state index in [1.54, 1.807) is 14.2 Å². The molecule has 3 aromatic rings. The second kappa shape index (κ2) is 8.79. The molecule has 0 unspecified atom stereocenters. The molecule has 1 aliphatic heterocycles. The minimum absolute atomic E-state index is 0.124.